The predicted molar refractivity (Wildman–Crippen MR) is 114 cm³/mol. The fraction of sp³-hybridized carbons (Fsp3) is 0.478. The summed E-state index contributed by atoms with van der Waals surface area (Å²) in [6.45, 7) is 12.4. The molecule has 150 valence electrons. The molecule has 2 aromatic rings. The molecule has 1 amide bonds. The number of rotatable bonds is 5. The highest BCUT2D eigenvalue weighted by molar-refractivity contribution is 5.96. The van der Waals surface area contributed by atoms with Gasteiger partial charge in [-0.25, -0.2) is 4.68 Å². The Morgan fingerprint density at radius 2 is 1.79 bits per heavy atom. The second-order valence-electron chi connectivity index (χ2n) is 8.95. The van der Waals surface area contributed by atoms with Gasteiger partial charge in [0.05, 0.1) is 17.3 Å². The molecule has 28 heavy (non-hydrogen) atoms. The number of anilines is 1. The molecule has 0 saturated heterocycles. The normalized spacial score (nSPS) is 20.1. The first-order valence-electron chi connectivity index (χ1n) is 9.90. The summed E-state index contributed by atoms with van der Waals surface area (Å²) < 4.78 is 3.47. The standard InChI is InChI=1S/C23H31N3O2/c1-14(2)13-17-18(23(17,5)6)21(27)24-19-20(15(3)4)25(7)26(22(19)28)16-11-9-8-10-12-16/h8-13,15,17-18H,1-7H3,(H,24,27)/t17-,18+/m0/s1. The van der Waals surface area contributed by atoms with Gasteiger partial charge in [-0.3, -0.25) is 14.3 Å². The second kappa shape index (κ2) is 7.12. The molecule has 0 spiro atoms. The first-order valence-corrected chi connectivity index (χ1v) is 9.90. The summed E-state index contributed by atoms with van der Waals surface area (Å²) in [6.07, 6.45) is 2.17. The van der Waals surface area contributed by atoms with Crippen LogP contribution in [-0.2, 0) is 11.8 Å². The van der Waals surface area contributed by atoms with Crippen LogP contribution in [0.25, 0.3) is 5.69 Å². The lowest BCUT2D eigenvalue weighted by Crippen LogP contribution is -2.24. The zero-order chi connectivity index (χ0) is 20.8. The number of hydrogen-bond donors (Lipinski definition) is 1. The van der Waals surface area contributed by atoms with Crippen molar-refractivity contribution in [2.75, 3.05) is 5.32 Å². The SMILES string of the molecule is CC(C)=C[C@H]1[C@H](C(=O)Nc2c(C(C)C)n(C)n(-c3ccccc3)c2=O)C1(C)C. The molecule has 1 N–H and O–H groups in total. The minimum Gasteiger partial charge on any atom is -0.320 e. The van der Waals surface area contributed by atoms with Crippen molar-refractivity contribution in [1.82, 2.24) is 9.36 Å². The Balaban J connectivity index is 2.00. The van der Waals surface area contributed by atoms with Gasteiger partial charge >= 0.3 is 0 Å². The molecule has 1 aliphatic carbocycles. The summed E-state index contributed by atoms with van der Waals surface area (Å²) in [5.74, 6) is 0.114. The van der Waals surface area contributed by atoms with Crippen molar-refractivity contribution in [3.63, 3.8) is 0 Å². The highest BCUT2D eigenvalue weighted by Crippen LogP contribution is 2.59. The predicted octanol–water partition coefficient (Wildman–Crippen LogP) is 4.48. The van der Waals surface area contributed by atoms with E-state index in [1.165, 1.54) is 5.57 Å². The summed E-state index contributed by atoms with van der Waals surface area (Å²) in [5, 5.41) is 2.99. The molecule has 0 aliphatic heterocycles. The number of nitrogens with zero attached hydrogens (tertiary/aromatic N) is 2. The number of allylic oxidation sites excluding steroid dienone is 2. The molecule has 0 radical (unpaired) electrons. The summed E-state index contributed by atoms with van der Waals surface area (Å²) in [6, 6.07) is 9.51. The maximum atomic E-state index is 13.2. The zero-order valence-electron chi connectivity index (χ0n) is 17.9. The molecule has 1 aromatic carbocycles. The smallest absolute Gasteiger partial charge is 0.295 e. The maximum absolute atomic E-state index is 13.2. The van der Waals surface area contributed by atoms with Gasteiger partial charge in [0.15, 0.2) is 0 Å². The van der Waals surface area contributed by atoms with Crippen molar-refractivity contribution in [2.24, 2.45) is 24.3 Å². The van der Waals surface area contributed by atoms with Crippen LogP contribution in [0.5, 0.6) is 0 Å². The van der Waals surface area contributed by atoms with Gasteiger partial charge in [-0.2, -0.15) is 0 Å². The van der Waals surface area contributed by atoms with E-state index in [-0.39, 0.29) is 34.6 Å². The van der Waals surface area contributed by atoms with Gasteiger partial charge in [0.2, 0.25) is 5.91 Å². The van der Waals surface area contributed by atoms with Crippen LogP contribution in [0.3, 0.4) is 0 Å². The summed E-state index contributed by atoms with van der Waals surface area (Å²) >= 11 is 0. The quantitative estimate of drug-likeness (QED) is 0.777. The highest BCUT2D eigenvalue weighted by atomic mass is 16.2. The molecule has 0 bridgehead atoms. The Morgan fingerprint density at radius 1 is 1.18 bits per heavy atom. The van der Waals surface area contributed by atoms with Crippen LogP contribution in [-0.4, -0.2) is 15.3 Å². The third-order valence-corrected chi connectivity index (χ3v) is 5.81. The molecule has 2 atom stereocenters. The molecule has 1 heterocycles. The minimum absolute atomic E-state index is 0.0719. The topological polar surface area (TPSA) is 56.0 Å². The van der Waals surface area contributed by atoms with E-state index in [2.05, 4.69) is 39.1 Å². The van der Waals surface area contributed by atoms with Crippen molar-refractivity contribution in [3.05, 3.63) is 58.0 Å². The maximum Gasteiger partial charge on any atom is 0.295 e. The fourth-order valence-electron chi connectivity index (χ4n) is 4.31. The van der Waals surface area contributed by atoms with Crippen LogP contribution in [0.15, 0.2) is 46.8 Å². The first-order chi connectivity index (χ1) is 13.1. The number of nitrogens with one attached hydrogen (secondary N) is 1. The number of para-hydroxylation sites is 1. The third kappa shape index (κ3) is 3.34. The van der Waals surface area contributed by atoms with Gasteiger partial charge in [-0.15, -0.1) is 0 Å². The molecule has 5 heteroatoms. The van der Waals surface area contributed by atoms with Crippen LogP contribution < -0.4 is 10.9 Å². The summed E-state index contributed by atoms with van der Waals surface area (Å²) in [4.78, 5) is 26.3. The van der Waals surface area contributed by atoms with Gasteiger partial charge in [0, 0.05) is 7.05 Å². The number of carbonyl (C=O) groups excluding carboxylic acids is 1. The molecule has 1 aliphatic rings. The van der Waals surface area contributed by atoms with E-state index in [0.717, 1.165) is 11.4 Å². The van der Waals surface area contributed by atoms with Gasteiger partial charge in [-0.05, 0) is 43.2 Å². The Kier molecular flexibility index (Phi) is 5.13. The van der Waals surface area contributed by atoms with Crippen molar-refractivity contribution < 1.29 is 4.79 Å². The van der Waals surface area contributed by atoms with E-state index >= 15 is 0 Å². The Labute approximate surface area is 167 Å². The number of hydrogen-bond acceptors (Lipinski definition) is 2. The van der Waals surface area contributed by atoms with E-state index < -0.39 is 0 Å². The van der Waals surface area contributed by atoms with E-state index in [0.29, 0.717) is 5.69 Å². The minimum atomic E-state index is -0.192. The van der Waals surface area contributed by atoms with Crippen LogP contribution in [0, 0.1) is 17.3 Å². The van der Waals surface area contributed by atoms with E-state index in [1.807, 2.05) is 55.9 Å². The number of aromatic nitrogens is 2. The fourth-order valence-corrected chi connectivity index (χ4v) is 4.31. The van der Waals surface area contributed by atoms with Gasteiger partial charge < -0.3 is 5.32 Å². The molecule has 3 rings (SSSR count). The molecule has 5 nitrogen and oxygen atoms in total. The molecule has 0 unspecified atom stereocenters. The monoisotopic (exact) mass is 381 g/mol. The second-order valence-corrected chi connectivity index (χ2v) is 8.95. The molecule has 1 saturated carbocycles. The Hall–Kier alpha value is -2.56. The van der Waals surface area contributed by atoms with Gasteiger partial charge in [0.1, 0.15) is 5.69 Å². The van der Waals surface area contributed by atoms with Crippen LogP contribution in [0.4, 0.5) is 5.69 Å². The molecule has 1 fully saturated rings. The number of carbonyl (C=O) groups is 1. The largest absolute Gasteiger partial charge is 0.320 e. The van der Waals surface area contributed by atoms with Crippen molar-refractivity contribution in [3.8, 4) is 5.69 Å². The average Bonchev–Trinajstić information content (AvgIpc) is 3.03. The van der Waals surface area contributed by atoms with Crippen LogP contribution >= 0.6 is 0 Å². The van der Waals surface area contributed by atoms with Gasteiger partial charge in [0.25, 0.3) is 5.56 Å². The lowest BCUT2D eigenvalue weighted by molar-refractivity contribution is -0.118. The third-order valence-electron chi connectivity index (χ3n) is 5.81. The summed E-state index contributed by atoms with van der Waals surface area (Å²) in [5.41, 5.74) is 2.94. The van der Waals surface area contributed by atoms with Crippen LogP contribution in [0.1, 0.15) is 53.2 Å². The van der Waals surface area contributed by atoms with Crippen molar-refractivity contribution >= 4 is 11.6 Å². The molecular weight excluding hydrogens is 350 g/mol. The van der Waals surface area contributed by atoms with Crippen molar-refractivity contribution in [2.45, 2.75) is 47.5 Å². The average molecular weight is 382 g/mol. The van der Waals surface area contributed by atoms with Crippen LogP contribution in [0.2, 0.25) is 0 Å². The van der Waals surface area contributed by atoms with E-state index in [4.69, 9.17) is 0 Å². The Bertz CT molecular complexity index is 973. The zero-order valence-corrected chi connectivity index (χ0v) is 17.9. The lowest BCUT2D eigenvalue weighted by atomic mass is 10.1. The Morgan fingerprint density at radius 3 is 2.32 bits per heavy atom. The number of benzene rings is 1. The highest BCUT2D eigenvalue weighted by Gasteiger charge is 2.60. The lowest BCUT2D eigenvalue weighted by Gasteiger charge is -2.13. The van der Waals surface area contributed by atoms with E-state index in [1.54, 1.807) is 4.68 Å². The molecule has 1 aromatic heterocycles. The van der Waals surface area contributed by atoms with Crippen molar-refractivity contribution in [1.29, 1.82) is 0 Å². The summed E-state index contributed by atoms with van der Waals surface area (Å²) in [7, 11) is 1.87. The first kappa shape index (κ1) is 20.2. The van der Waals surface area contributed by atoms with E-state index in [9.17, 15) is 9.59 Å². The van der Waals surface area contributed by atoms with Gasteiger partial charge in [-0.1, -0.05) is 57.5 Å². The number of amides is 1. The molecular formula is C23H31N3O2.